The number of amides is 1. The van der Waals surface area contributed by atoms with Crippen LogP contribution in [0, 0.1) is 5.92 Å². The van der Waals surface area contributed by atoms with Crippen molar-refractivity contribution in [1.82, 2.24) is 20.4 Å². The lowest BCUT2D eigenvalue weighted by atomic mass is 9.97. The second kappa shape index (κ2) is 10.9. The van der Waals surface area contributed by atoms with Gasteiger partial charge in [0.2, 0.25) is 11.7 Å². The van der Waals surface area contributed by atoms with Gasteiger partial charge in [-0.2, -0.15) is 4.98 Å². The monoisotopic (exact) mass is 475 g/mol. The van der Waals surface area contributed by atoms with Crippen LogP contribution in [-0.4, -0.2) is 60.8 Å². The Morgan fingerprint density at radius 2 is 1.97 bits per heavy atom. The molecule has 2 aromatic carbocycles. The van der Waals surface area contributed by atoms with Crippen LogP contribution >= 0.6 is 0 Å². The van der Waals surface area contributed by atoms with Crippen molar-refractivity contribution in [3.05, 3.63) is 59.7 Å². The molecule has 2 aliphatic rings. The number of carbonyl (C=O) groups is 1. The maximum atomic E-state index is 12.8. The van der Waals surface area contributed by atoms with Crippen LogP contribution in [0.4, 0.5) is 6.01 Å². The van der Waals surface area contributed by atoms with E-state index in [0.29, 0.717) is 24.9 Å². The highest BCUT2D eigenvalue weighted by atomic mass is 16.5. The first kappa shape index (κ1) is 23.4. The summed E-state index contributed by atoms with van der Waals surface area (Å²) in [6.45, 7) is 5.20. The topological polar surface area (TPSA) is 83.7 Å². The van der Waals surface area contributed by atoms with E-state index in [1.54, 1.807) is 7.11 Å². The first-order valence-electron chi connectivity index (χ1n) is 12.5. The zero-order chi connectivity index (χ0) is 24.0. The van der Waals surface area contributed by atoms with E-state index in [1.165, 1.54) is 11.1 Å². The third kappa shape index (κ3) is 5.65. The number of nitrogens with one attached hydrogen (secondary N) is 1. The van der Waals surface area contributed by atoms with E-state index >= 15 is 0 Å². The number of hydrogen-bond donors (Lipinski definition) is 1. The molecule has 1 fully saturated rings. The highest BCUT2D eigenvalue weighted by Crippen LogP contribution is 2.26. The normalized spacial score (nSPS) is 18.2. The molecule has 0 spiro atoms. The minimum absolute atomic E-state index is 0.0676. The smallest absolute Gasteiger partial charge is 0.324 e. The SMILES string of the molecule is COc1ccc(-c2noc(N3CCC[C@@H](C(=O)NCCCN4CCc5ccccc5C4)C3)n2)cc1. The third-order valence-electron chi connectivity index (χ3n) is 6.99. The van der Waals surface area contributed by atoms with Gasteiger partial charge in [0.15, 0.2) is 0 Å². The van der Waals surface area contributed by atoms with Gasteiger partial charge in [0, 0.05) is 44.8 Å². The van der Waals surface area contributed by atoms with Gasteiger partial charge in [0.05, 0.1) is 13.0 Å². The summed E-state index contributed by atoms with van der Waals surface area (Å²) in [7, 11) is 1.64. The largest absolute Gasteiger partial charge is 0.497 e. The number of anilines is 1. The Morgan fingerprint density at radius 1 is 1.14 bits per heavy atom. The van der Waals surface area contributed by atoms with Crippen LogP contribution in [0.15, 0.2) is 53.1 Å². The maximum absolute atomic E-state index is 12.8. The molecule has 0 radical (unpaired) electrons. The minimum Gasteiger partial charge on any atom is -0.497 e. The van der Waals surface area contributed by atoms with Crippen molar-refractivity contribution < 1.29 is 14.1 Å². The maximum Gasteiger partial charge on any atom is 0.324 e. The summed E-state index contributed by atoms with van der Waals surface area (Å²) in [5.41, 5.74) is 3.77. The molecule has 5 rings (SSSR count). The Hall–Kier alpha value is -3.39. The van der Waals surface area contributed by atoms with Gasteiger partial charge in [-0.3, -0.25) is 9.69 Å². The van der Waals surface area contributed by atoms with Crippen LogP contribution in [0.25, 0.3) is 11.4 Å². The molecule has 2 aliphatic heterocycles. The predicted molar refractivity (Wildman–Crippen MR) is 134 cm³/mol. The highest BCUT2D eigenvalue weighted by molar-refractivity contribution is 5.79. The van der Waals surface area contributed by atoms with Gasteiger partial charge >= 0.3 is 6.01 Å². The number of fused-ring (bicyclic) bond motifs is 1. The number of piperidine rings is 1. The number of ether oxygens (including phenoxy) is 1. The molecule has 184 valence electrons. The van der Waals surface area contributed by atoms with Gasteiger partial charge in [-0.25, -0.2) is 0 Å². The number of hydrogen-bond acceptors (Lipinski definition) is 7. The summed E-state index contributed by atoms with van der Waals surface area (Å²) in [5.74, 6) is 1.37. The van der Waals surface area contributed by atoms with Crippen molar-refractivity contribution in [1.29, 1.82) is 0 Å². The van der Waals surface area contributed by atoms with Gasteiger partial charge in [-0.1, -0.05) is 29.4 Å². The molecule has 0 aliphatic carbocycles. The lowest BCUT2D eigenvalue weighted by molar-refractivity contribution is -0.125. The van der Waals surface area contributed by atoms with Crippen LogP contribution in [0.2, 0.25) is 0 Å². The average Bonchev–Trinajstić information content (AvgIpc) is 3.41. The lowest BCUT2D eigenvalue weighted by Crippen LogP contribution is -2.43. The molecule has 0 bridgehead atoms. The Bertz CT molecular complexity index is 1130. The number of methoxy groups -OCH3 is 1. The minimum atomic E-state index is -0.0676. The quantitative estimate of drug-likeness (QED) is 0.499. The van der Waals surface area contributed by atoms with E-state index in [4.69, 9.17) is 9.26 Å². The molecule has 1 amide bonds. The lowest BCUT2D eigenvalue weighted by Gasteiger charge is -2.31. The molecule has 3 aromatic rings. The van der Waals surface area contributed by atoms with E-state index in [-0.39, 0.29) is 11.8 Å². The van der Waals surface area contributed by atoms with E-state index in [2.05, 4.69) is 44.6 Å². The van der Waals surface area contributed by atoms with E-state index in [0.717, 1.165) is 63.2 Å². The highest BCUT2D eigenvalue weighted by Gasteiger charge is 2.28. The van der Waals surface area contributed by atoms with Crippen molar-refractivity contribution >= 4 is 11.9 Å². The molecule has 1 atom stereocenters. The summed E-state index contributed by atoms with van der Waals surface area (Å²) in [5, 5.41) is 7.29. The second-order valence-corrected chi connectivity index (χ2v) is 9.35. The Kier molecular flexibility index (Phi) is 7.28. The molecule has 3 heterocycles. The first-order chi connectivity index (χ1) is 17.2. The third-order valence-corrected chi connectivity index (χ3v) is 6.99. The Labute approximate surface area is 206 Å². The van der Waals surface area contributed by atoms with Crippen molar-refractivity contribution in [2.75, 3.05) is 44.7 Å². The summed E-state index contributed by atoms with van der Waals surface area (Å²) in [6, 6.07) is 16.7. The molecule has 35 heavy (non-hydrogen) atoms. The van der Waals surface area contributed by atoms with E-state index in [9.17, 15) is 4.79 Å². The average molecular weight is 476 g/mol. The summed E-state index contributed by atoms with van der Waals surface area (Å²) < 4.78 is 10.7. The predicted octanol–water partition coefficient (Wildman–Crippen LogP) is 3.53. The van der Waals surface area contributed by atoms with Crippen molar-refractivity contribution in [3.63, 3.8) is 0 Å². The number of benzene rings is 2. The molecule has 1 aromatic heterocycles. The fourth-order valence-electron chi connectivity index (χ4n) is 4.97. The van der Waals surface area contributed by atoms with Crippen LogP contribution in [0.1, 0.15) is 30.4 Å². The van der Waals surface area contributed by atoms with E-state index < -0.39 is 0 Å². The first-order valence-corrected chi connectivity index (χ1v) is 12.5. The molecular formula is C27H33N5O3. The summed E-state index contributed by atoms with van der Waals surface area (Å²) in [4.78, 5) is 21.9. The Morgan fingerprint density at radius 3 is 2.80 bits per heavy atom. The fourth-order valence-corrected chi connectivity index (χ4v) is 4.97. The van der Waals surface area contributed by atoms with Crippen molar-refractivity contribution in [2.45, 2.75) is 32.2 Å². The zero-order valence-electron chi connectivity index (χ0n) is 20.3. The molecule has 0 unspecified atom stereocenters. The zero-order valence-corrected chi connectivity index (χ0v) is 20.3. The summed E-state index contributed by atoms with van der Waals surface area (Å²) in [6.07, 6.45) is 3.87. The van der Waals surface area contributed by atoms with Gasteiger partial charge in [-0.05, 0) is 61.1 Å². The van der Waals surface area contributed by atoms with Gasteiger partial charge in [0.1, 0.15) is 5.75 Å². The van der Waals surface area contributed by atoms with Crippen LogP contribution in [0.5, 0.6) is 5.75 Å². The van der Waals surface area contributed by atoms with Crippen LogP contribution in [-0.2, 0) is 17.8 Å². The molecule has 1 saturated heterocycles. The number of carbonyl (C=O) groups excluding carboxylic acids is 1. The van der Waals surface area contributed by atoms with Gasteiger partial charge in [0.25, 0.3) is 0 Å². The van der Waals surface area contributed by atoms with Crippen molar-refractivity contribution in [2.24, 2.45) is 5.92 Å². The van der Waals surface area contributed by atoms with Crippen molar-refractivity contribution in [3.8, 4) is 17.1 Å². The molecule has 8 nitrogen and oxygen atoms in total. The molecular weight excluding hydrogens is 442 g/mol. The van der Waals surface area contributed by atoms with Gasteiger partial charge in [-0.15, -0.1) is 0 Å². The van der Waals surface area contributed by atoms with E-state index in [1.807, 2.05) is 29.2 Å². The van der Waals surface area contributed by atoms with Crippen LogP contribution < -0.4 is 15.0 Å². The molecule has 0 saturated carbocycles. The number of rotatable bonds is 8. The number of nitrogens with zero attached hydrogens (tertiary/aromatic N) is 4. The van der Waals surface area contributed by atoms with Gasteiger partial charge < -0.3 is 19.5 Å². The second-order valence-electron chi connectivity index (χ2n) is 9.35. The molecule has 1 N–H and O–H groups in total. The molecule has 8 heteroatoms. The van der Waals surface area contributed by atoms with Crippen LogP contribution in [0.3, 0.4) is 0 Å². The fraction of sp³-hybridized carbons (Fsp3) is 0.444. The summed E-state index contributed by atoms with van der Waals surface area (Å²) >= 11 is 0. The number of aromatic nitrogens is 2. The standard InChI is InChI=1S/C27H33N5O3/c1-34-24-11-9-21(10-12-24)25-29-27(35-30-25)32-16-4-8-23(19-32)26(33)28-14-5-15-31-17-13-20-6-2-3-7-22(20)18-31/h2-3,6-7,9-12,23H,4-5,8,13-19H2,1H3,(H,28,33)/t23-/m1/s1. The Balaban J connectivity index is 1.08.